The number of nitrogens with zero attached hydrogens (tertiary/aromatic N) is 1. The average Bonchev–Trinajstić information content (AvgIpc) is 2.80. The zero-order chi connectivity index (χ0) is 24.7. The molecule has 178 valence electrons. The van der Waals surface area contributed by atoms with Gasteiger partial charge >= 0.3 is 0 Å². The summed E-state index contributed by atoms with van der Waals surface area (Å²) in [6, 6.07) is 20.8. The zero-order valence-electron chi connectivity index (χ0n) is 19.7. The van der Waals surface area contributed by atoms with Crippen LogP contribution in [0.25, 0.3) is 0 Å². The van der Waals surface area contributed by atoms with E-state index in [2.05, 4.69) is 5.32 Å². The molecule has 3 aromatic carbocycles. The van der Waals surface area contributed by atoms with Crippen molar-refractivity contribution in [3.63, 3.8) is 0 Å². The van der Waals surface area contributed by atoms with Crippen LogP contribution in [-0.4, -0.2) is 28.8 Å². The lowest BCUT2D eigenvalue weighted by atomic mass is 10.0. The molecule has 2 amide bonds. The highest BCUT2D eigenvalue weighted by atomic mass is 35.5. The molecule has 0 saturated carbocycles. The van der Waals surface area contributed by atoms with Crippen LogP contribution in [0.5, 0.6) is 0 Å². The van der Waals surface area contributed by atoms with E-state index in [9.17, 15) is 14.0 Å². The molecule has 0 fully saturated rings. The third kappa shape index (κ3) is 6.91. The number of aryl methyl sites for hydroxylation is 1. The molecule has 0 radical (unpaired) electrons. The topological polar surface area (TPSA) is 49.4 Å². The first-order chi connectivity index (χ1) is 16.2. The van der Waals surface area contributed by atoms with Crippen molar-refractivity contribution in [3.8, 4) is 0 Å². The van der Waals surface area contributed by atoms with Gasteiger partial charge in [-0.1, -0.05) is 77.8 Å². The van der Waals surface area contributed by atoms with Gasteiger partial charge < -0.3 is 10.2 Å². The molecule has 0 unspecified atom stereocenters. The molecular weight excluding hydrogens is 451 g/mol. The van der Waals surface area contributed by atoms with Gasteiger partial charge in [-0.2, -0.15) is 0 Å². The van der Waals surface area contributed by atoms with Crippen LogP contribution in [0, 0.1) is 12.7 Å². The molecule has 0 aromatic heterocycles. The smallest absolute Gasteiger partial charge is 0.243 e. The van der Waals surface area contributed by atoms with E-state index in [1.807, 2.05) is 75.4 Å². The predicted molar refractivity (Wildman–Crippen MR) is 134 cm³/mol. The van der Waals surface area contributed by atoms with Crippen molar-refractivity contribution in [3.05, 3.63) is 106 Å². The zero-order valence-corrected chi connectivity index (χ0v) is 20.5. The predicted octanol–water partition coefficient (Wildman–Crippen LogP) is 5.49. The Hall–Kier alpha value is -3.18. The van der Waals surface area contributed by atoms with E-state index in [1.165, 1.54) is 17.0 Å². The van der Waals surface area contributed by atoms with Crippen molar-refractivity contribution in [1.82, 2.24) is 10.2 Å². The number of nitrogens with one attached hydrogen (secondary N) is 1. The molecule has 1 N–H and O–H groups in total. The Labute approximate surface area is 205 Å². The van der Waals surface area contributed by atoms with Crippen molar-refractivity contribution in [2.45, 2.75) is 52.2 Å². The van der Waals surface area contributed by atoms with Crippen LogP contribution < -0.4 is 5.32 Å². The van der Waals surface area contributed by atoms with Gasteiger partial charge in [0, 0.05) is 29.6 Å². The largest absolute Gasteiger partial charge is 0.352 e. The van der Waals surface area contributed by atoms with Crippen LogP contribution in [0.1, 0.15) is 36.1 Å². The fourth-order valence-corrected chi connectivity index (χ4v) is 4.01. The molecule has 0 spiro atoms. The Balaban J connectivity index is 2.00. The number of rotatable bonds is 9. The summed E-state index contributed by atoms with van der Waals surface area (Å²) in [5.74, 6) is -1.16. The summed E-state index contributed by atoms with van der Waals surface area (Å²) in [7, 11) is 0. The summed E-state index contributed by atoms with van der Waals surface area (Å²) in [5, 5.41) is 3.14. The summed E-state index contributed by atoms with van der Waals surface area (Å²) in [5.41, 5.74) is 3.04. The van der Waals surface area contributed by atoms with Gasteiger partial charge in [0.15, 0.2) is 0 Å². The summed E-state index contributed by atoms with van der Waals surface area (Å²) in [4.78, 5) is 28.5. The number of hydrogen-bond donors (Lipinski definition) is 1. The van der Waals surface area contributed by atoms with E-state index in [1.54, 1.807) is 6.07 Å². The molecular formula is C28H30ClFN2O2. The van der Waals surface area contributed by atoms with E-state index in [0.717, 1.165) is 16.7 Å². The first kappa shape index (κ1) is 25.4. The maximum Gasteiger partial charge on any atom is 0.243 e. The number of halogens is 2. The highest BCUT2D eigenvalue weighted by molar-refractivity contribution is 6.31. The molecule has 6 heteroatoms. The SMILES string of the molecule is Cc1ccc(CN(C(=O)Cc2c(F)cccc2Cl)[C@@H](Cc2ccccc2)C(=O)NC(C)C)cc1. The number of benzene rings is 3. The lowest BCUT2D eigenvalue weighted by Crippen LogP contribution is -2.52. The van der Waals surface area contributed by atoms with Crippen LogP contribution >= 0.6 is 11.6 Å². The summed E-state index contributed by atoms with van der Waals surface area (Å²) in [6.07, 6.45) is 0.0968. The molecule has 0 bridgehead atoms. The fourth-order valence-electron chi connectivity index (χ4n) is 3.78. The van der Waals surface area contributed by atoms with E-state index in [-0.39, 0.29) is 41.4 Å². The number of hydrogen-bond acceptors (Lipinski definition) is 2. The van der Waals surface area contributed by atoms with Gasteiger partial charge in [0.05, 0.1) is 6.42 Å². The summed E-state index contributed by atoms with van der Waals surface area (Å²) >= 11 is 6.21. The van der Waals surface area contributed by atoms with E-state index in [4.69, 9.17) is 11.6 Å². The van der Waals surface area contributed by atoms with E-state index >= 15 is 0 Å². The summed E-state index contributed by atoms with van der Waals surface area (Å²) in [6.45, 7) is 5.96. The minimum absolute atomic E-state index is 0.0943. The lowest BCUT2D eigenvalue weighted by Gasteiger charge is -2.32. The van der Waals surface area contributed by atoms with Crippen molar-refractivity contribution < 1.29 is 14.0 Å². The van der Waals surface area contributed by atoms with Crippen molar-refractivity contribution in [2.24, 2.45) is 0 Å². The Morgan fingerprint density at radius 3 is 2.24 bits per heavy atom. The summed E-state index contributed by atoms with van der Waals surface area (Å²) < 4.78 is 14.5. The Bertz CT molecular complexity index is 1100. The Kier molecular flexibility index (Phi) is 8.83. The monoisotopic (exact) mass is 480 g/mol. The van der Waals surface area contributed by atoms with Gasteiger partial charge in [0.25, 0.3) is 0 Å². The molecule has 1 atom stereocenters. The molecule has 3 rings (SSSR count). The third-order valence-electron chi connectivity index (χ3n) is 5.57. The highest BCUT2D eigenvalue weighted by Crippen LogP contribution is 2.22. The second-order valence-corrected chi connectivity index (χ2v) is 9.16. The molecule has 0 heterocycles. The van der Waals surface area contributed by atoms with Gasteiger partial charge in [-0.15, -0.1) is 0 Å². The molecule has 0 aliphatic rings. The average molecular weight is 481 g/mol. The number of carbonyl (C=O) groups excluding carboxylic acids is 2. The second kappa shape index (κ2) is 11.8. The van der Waals surface area contributed by atoms with Gasteiger partial charge in [-0.05, 0) is 44.0 Å². The van der Waals surface area contributed by atoms with Crippen LogP contribution in [0.3, 0.4) is 0 Å². The Morgan fingerprint density at radius 2 is 1.62 bits per heavy atom. The molecule has 3 aromatic rings. The van der Waals surface area contributed by atoms with Crippen molar-refractivity contribution in [1.29, 1.82) is 0 Å². The van der Waals surface area contributed by atoms with Crippen LogP contribution in [-0.2, 0) is 29.0 Å². The highest BCUT2D eigenvalue weighted by Gasteiger charge is 2.31. The molecule has 34 heavy (non-hydrogen) atoms. The minimum Gasteiger partial charge on any atom is -0.352 e. The Morgan fingerprint density at radius 1 is 0.941 bits per heavy atom. The standard InChI is InChI=1S/C28H30ClFN2O2/c1-19(2)31-28(34)26(16-21-8-5-4-6-9-21)32(18-22-14-12-20(3)13-15-22)27(33)17-23-24(29)10-7-11-25(23)30/h4-15,19,26H,16-18H2,1-3H3,(H,31,34)/t26-/m0/s1. The molecule has 0 aliphatic carbocycles. The van der Waals surface area contributed by atoms with Gasteiger partial charge in [0.2, 0.25) is 11.8 Å². The maximum atomic E-state index is 14.5. The third-order valence-corrected chi connectivity index (χ3v) is 5.92. The first-order valence-electron chi connectivity index (χ1n) is 11.4. The van der Waals surface area contributed by atoms with Crippen LogP contribution in [0.15, 0.2) is 72.8 Å². The van der Waals surface area contributed by atoms with Gasteiger partial charge in [0.1, 0.15) is 11.9 Å². The normalized spacial score (nSPS) is 11.8. The molecule has 0 aliphatic heterocycles. The first-order valence-corrected chi connectivity index (χ1v) is 11.7. The lowest BCUT2D eigenvalue weighted by molar-refractivity contribution is -0.141. The maximum absolute atomic E-state index is 14.5. The van der Waals surface area contributed by atoms with Crippen LogP contribution in [0.4, 0.5) is 4.39 Å². The molecule has 0 saturated heterocycles. The minimum atomic E-state index is -0.774. The van der Waals surface area contributed by atoms with Crippen molar-refractivity contribution >= 4 is 23.4 Å². The van der Waals surface area contributed by atoms with Crippen molar-refractivity contribution in [2.75, 3.05) is 0 Å². The van der Waals surface area contributed by atoms with Gasteiger partial charge in [-0.25, -0.2) is 4.39 Å². The second-order valence-electron chi connectivity index (χ2n) is 8.75. The number of carbonyl (C=O) groups is 2. The van der Waals surface area contributed by atoms with Gasteiger partial charge in [-0.3, -0.25) is 9.59 Å². The fraction of sp³-hybridized carbons (Fsp3) is 0.286. The van der Waals surface area contributed by atoms with E-state index in [0.29, 0.717) is 6.42 Å². The molecule has 4 nitrogen and oxygen atoms in total. The number of amides is 2. The quantitative estimate of drug-likeness (QED) is 0.440. The van der Waals surface area contributed by atoms with E-state index < -0.39 is 11.9 Å². The van der Waals surface area contributed by atoms with Crippen LogP contribution in [0.2, 0.25) is 5.02 Å².